The predicted molar refractivity (Wildman–Crippen MR) is 136 cm³/mol. The van der Waals surface area contributed by atoms with E-state index < -0.39 is 59.6 Å². The van der Waals surface area contributed by atoms with Gasteiger partial charge in [-0.25, -0.2) is 9.59 Å². The smallest absolute Gasteiger partial charge is 0.363 e. The Morgan fingerprint density at radius 3 is 2.28 bits per heavy atom. The molecule has 4 amide bonds. The molecule has 6 N–H and O–H groups in total. The third-order valence-electron chi connectivity index (χ3n) is 5.90. The van der Waals surface area contributed by atoms with Crippen LogP contribution in [-0.2, 0) is 34.3 Å². The van der Waals surface area contributed by atoms with E-state index >= 15 is 0 Å². The number of Topliss-reactive ketones (excluding diaryl/α,β-unsaturated/α-hetero) is 1. The zero-order valence-electron chi connectivity index (χ0n) is 20.9. The number of benzene rings is 2. The highest BCUT2D eigenvalue weighted by molar-refractivity contribution is 6.15. The summed E-state index contributed by atoms with van der Waals surface area (Å²) in [4.78, 5) is 81.9. The van der Waals surface area contributed by atoms with Crippen molar-refractivity contribution in [1.82, 2.24) is 10.4 Å². The number of amides is 4. The molecule has 3 atom stereocenters. The molecule has 14 heteroatoms. The van der Waals surface area contributed by atoms with Gasteiger partial charge >= 0.3 is 18.0 Å². The minimum absolute atomic E-state index is 0.0311. The first-order valence-corrected chi connectivity index (χ1v) is 11.5. The maximum absolute atomic E-state index is 13.3. The second-order valence-corrected chi connectivity index (χ2v) is 8.73. The Morgan fingerprint density at radius 1 is 1.13 bits per heavy atom. The molecule has 1 saturated heterocycles. The molecule has 0 saturated carbocycles. The number of rotatable bonds is 10. The number of carbonyl (C=O) groups is 6. The molecule has 1 aliphatic heterocycles. The number of imide groups is 1. The van der Waals surface area contributed by atoms with E-state index in [2.05, 4.69) is 10.4 Å². The highest BCUT2D eigenvalue weighted by atomic mass is 16.7. The second-order valence-electron chi connectivity index (χ2n) is 8.73. The fourth-order valence-corrected chi connectivity index (χ4v) is 3.92. The van der Waals surface area contributed by atoms with Gasteiger partial charge < -0.3 is 26.8 Å². The molecule has 0 radical (unpaired) electrons. The number of hydrogen-bond acceptors (Lipinski definition) is 10. The maximum Gasteiger partial charge on any atom is 0.363 e. The van der Waals surface area contributed by atoms with Crippen LogP contribution in [0, 0.1) is 0 Å². The molecular weight excluding hydrogens is 512 g/mol. The van der Waals surface area contributed by atoms with Crippen molar-refractivity contribution < 1.29 is 38.7 Å². The topological polar surface area (TPSA) is 215 Å². The lowest BCUT2D eigenvalue weighted by Crippen LogP contribution is -2.56. The Hall–Kier alpha value is -5.11. The molecule has 3 rings (SSSR count). The van der Waals surface area contributed by atoms with Gasteiger partial charge in [-0.2, -0.15) is 5.10 Å². The van der Waals surface area contributed by atoms with Crippen LogP contribution >= 0.6 is 0 Å². The fraction of sp³-hybridized carbons (Fsp3) is 0.240. The summed E-state index contributed by atoms with van der Waals surface area (Å²) < 4.78 is 0. The van der Waals surface area contributed by atoms with Crippen LogP contribution in [0.2, 0.25) is 0 Å². The number of hydrazone groups is 1. The van der Waals surface area contributed by atoms with Crippen LogP contribution in [0.4, 0.5) is 10.5 Å². The number of urea groups is 1. The Kier molecular flexibility index (Phi) is 8.41. The third-order valence-corrected chi connectivity index (χ3v) is 5.90. The van der Waals surface area contributed by atoms with E-state index in [4.69, 9.17) is 21.5 Å². The van der Waals surface area contributed by atoms with Gasteiger partial charge in [0.1, 0.15) is 5.54 Å². The normalized spacial score (nSPS) is 18.4. The number of aliphatic carboxylic acids is 1. The zero-order valence-corrected chi connectivity index (χ0v) is 20.9. The number of carboxylic acid groups (broad SMARTS) is 1. The molecule has 1 aliphatic rings. The highest BCUT2D eigenvalue weighted by Crippen LogP contribution is 2.30. The summed E-state index contributed by atoms with van der Waals surface area (Å²) >= 11 is 0. The number of para-hydroxylation sites is 1. The van der Waals surface area contributed by atoms with Crippen molar-refractivity contribution in [1.29, 1.82) is 0 Å². The van der Waals surface area contributed by atoms with E-state index in [1.165, 1.54) is 37.4 Å². The monoisotopic (exact) mass is 538 g/mol. The van der Waals surface area contributed by atoms with Crippen LogP contribution in [0.5, 0.6) is 0 Å². The largest absolute Gasteiger partial charge is 0.481 e. The van der Waals surface area contributed by atoms with E-state index in [-0.39, 0.29) is 10.8 Å². The van der Waals surface area contributed by atoms with Crippen molar-refractivity contribution in [3.8, 4) is 0 Å². The Balaban J connectivity index is 1.93. The number of hydrogen-bond donors (Lipinski definition) is 4. The number of carbonyl (C=O) groups excluding carboxylic acids is 5. The SMILES string of the molecule is CC(=O)[C@@H](C(=O)ON1C(=O)N[C@](C)(c2ccc(C=NN)cc2)C1=O)N(C(=O)[C@@H](N)CC(=O)O)c1ccccc1. The van der Waals surface area contributed by atoms with Gasteiger partial charge in [0.05, 0.1) is 18.7 Å². The summed E-state index contributed by atoms with van der Waals surface area (Å²) in [6, 6.07) is 8.96. The molecule has 0 aliphatic carbocycles. The third kappa shape index (κ3) is 5.91. The van der Waals surface area contributed by atoms with Crippen LogP contribution in [0.15, 0.2) is 59.7 Å². The second kappa shape index (κ2) is 11.5. The Bertz CT molecular complexity index is 1330. The number of nitrogens with two attached hydrogens (primary N) is 2. The van der Waals surface area contributed by atoms with E-state index in [0.717, 1.165) is 6.92 Å². The van der Waals surface area contributed by atoms with Crippen LogP contribution in [-0.4, -0.2) is 64.0 Å². The molecule has 39 heavy (non-hydrogen) atoms. The zero-order chi connectivity index (χ0) is 28.9. The lowest BCUT2D eigenvalue weighted by atomic mass is 9.91. The van der Waals surface area contributed by atoms with Crippen LogP contribution in [0.1, 0.15) is 31.4 Å². The number of anilines is 1. The molecule has 0 unspecified atom stereocenters. The van der Waals surface area contributed by atoms with Crippen molar-refractivity contribution >= 4 is 47.5 Å². The summed E-state index contributed by atoms with van der Waals surface area (Å²) in [5.74, 6) is -0.620. The molecule has 1 fully saturated rings. The average Bonchev–Trinajstić information content (AvgIpc) is 3.10. The lowest BCUT2D eigenvalue weighted by molar-refractivity contribution is -0.186. The van der Waals surface area contributed by atoms with Gasteiger partial charge in [-0.3, -0.25) is 24.1 Å². The number of nitrogens with zero attached hydrogens (tertiary/aromatic N) is 3. The van der Waals surface area contributed by atoms with E-state index in [1.54, 1.807) is 30.3 Å². The molecule has 0 bridgehead atoms. The van der Waals surface area contributed by atoms with Gasteiger partial charge in [0, 0.05) is 5.69 Å². The minimum Gasteiger partial charge on any atom is -0.481 e. The van der Waals surface area contributed by atoms with Gasteiger partial charge in [0.25, 0.3) is 5.91 Å². The number of ketones is 1. The maximum atomic E-state index is 13.3. The van der Waals surface area contributed by atoms with Crippen LogP contribution in [0.25, 0.3) is 0 Å². The van der Waals surface area contributed by atoms with E-state index in [0.29, 0.717) is 16.0 Å². The van der Waals surface area contributed by atoms with Crippen molar-refractivity contribution in [2.24, 2.45) is 16.7 Å². The first-order valence-electron chi connectivity index (χ1n) is 11.5. The fourth-order valence-electron chi connectivity index (χ4n) is 3.92. The van der Waals surface area contributed by atoms with Gasteiger partial charge in [-0.15, -0.1) is 0 Å². The Morgan fingerprint density at radius 2 is 1.74 bits per heavy atom. The molecule has 0 spiro atoms. The van der Waals surface area contributed by atoms with Gasteiger partial charge in [-0.05, 0) is 37.1 Å². The molecule has 14 nitrogen and oxygen atoms in total. The number of nitrogens with one attached hydrogen (secondary N) is 1. The van der Waals surface area contributed by atoms with Crippen LogP contribution in [0.3, 0.4) is 0 Å². The quantitative estimate of drug-likeness (QED) is 0.104. The molecule has 0 aromatic heterocycles. The predicted octanol–water partition coefficient (Wildman–Crippen LogP) is -0.00280. The summed E-state index contributed by atoms with van der Waals surface area (Å²) in [5, 5.41) is 15.1. The van der Waals surface area contributed by atoms with Gasteiger partial charge in [0.2, 0.25) is 5.91 Å². The molecule has 2 aromatic carbocycles. The molecule has 2 aromatic rings. The van der Waals surface area contributed by atoms with Gasteiger partial charge in [-0.1, -0.05) is 47.5 Å². The number of hydroxylamine groups is 2. The summed E-state index contributed by atoms with van der Waals surface area (Å²) in [7, 11) is 0. The summed E-state index contributed by atoms with van der Waals surface area (Å²) in [5.41, 5.74) is 5.12. The first-order chi connectivity index (χ1) is 18.4. The lowest BCUT2D eigenvalue weighted by Gasteiger charge is -2.31. The van der Waals surface area contributed by atoms with Crippen molar-refractivity contribution in [2.45, 2.75) is 37.9 Å². The highest BCUT2D eigenvalue weighted by Gasteiger charge is 2.52. The average molecular weight is 539 g/mol. The molecule has 204 valence electrons. The van der Waals surface area contributed by atoms with E-state index in [1.807, 2.05) is 0 Å². The van der Waals surface area contributed by atoms with E-state index in [9.17, 15) is 28.8 Å². The summed E-state index contributed by atoms with van der Waals surface area (Å²) in [6.45, 7) is 2.38. The molecular formula is C25H26N6O8. The standard InChI is InChI=1S/C25H26N6O8/c1-14(32)20(30(17-6-4-3-5-7-17)21(35)18(26)12-19(33)34)22(36)39-31-23(37)25(2,29-24(31)38)16-10-8-15(9-11-16)13-28-27/h3-11,13,18,20H,12,26-27H2,1-2H3,(H,29,38)(H,33,34)/t18-,20-,25+/m0/s1. The number of carboxylic acids is 1. The van der Waals surface area contributed by atoms with Crippen LogP contribution < -0.4 is 21.8 Å². The Labute approximate surface area is 222 Å². The minimum atomic E-state index is -2.00. The summed E-state index contributed by atoms with van der Waals surface area (Å²) in [6.07, 6.45) is 0.586. The molecule has 1 heterocycles. The van der Waals surface area contributed by atoms with Crippen molar-refractivity contribution in [3.63, 3.8) is 0 Å². The first kappa shape index (κ1) is 28.5. The van der Waals surface area contributed by atoms with Gasteiger partial charge in [0.15, 0.2) is 11.8 Å². The van der Waals surface area contributed by atoms with Crippen molar-refractivity contribution in [3.05, 3.63) is 65.7 Å². The van der Waals surface area contributed by atoms with Crippen molar-refractivity contribution in [2.75, 3.05) is 4.90 Å².